The lowest BCUT2D eigenvalue weighted by Crippen LogP contribution is -2.53. The molecule has 0 aliphatic carbocycles. The highest BCUT2D eigenvalue weighted by molar-refractivity contribution is 5.87. The van der Waals surface area contributed by atoms with Crippen LogP contribution in [0.5, 0.6) is 0 Å². The smallest absolute Gasteiger partial charge is 0.240 e. The molecule has 1 aliphatic heterocycles. The molecule has 0 aromatic carbocycles. The van der Waals surface area contributed by atoms with E-state index in [9.17, 15) is 9.59 Å². The maximum Gasteiger partial charge on any atom is 0.240 e. The summed E-state index contributed by atoms with van der Waals surface area (Å²) in [6.07, 6.45) is 2.19. The van der Waals surface area contributed by atoms with Gasteiger partial charge in [-0.15, -0.1) is 0 Å². The Kier molecular flexibility index (Phi) is 5.41. The van der Waals surface area contributed by atoms with Gasteiger partial charge in [0.2, 0.25) is 11.8 Å². The number of nitrogens with one attached hydrogen (secondary N) is 2. The molecule has 2 atom stereocenters. The van der Waals surface area contributed by atoms with Gasteiger partial charge >= 0.3 is 0 Å². The van der Waals surface area contributed by atoms with E-state index in [4.69, 9.17) is 0 Å². The first-order chi connectivity index (χ1) is 8.10. The predicted octanol–water partition coefficient (Wildman–Crippen LogP) is -0.0310. The van der Waals surface area contributed by atoms with E-state index in [1.807, 2.05) is 6.92 Å². The largest absolute Gasteiger partial charge is 0.358 e. The monoisotopic (exact) mass is 241 g/mol. The van der Waals surface area contributed by atoms with Gasteiger partial charge in [-0.3, -0.25) is 9.59 Å². The fourth-order valence-corrected chi connectivity index (χ4v) is 2.17. The molecule has 1 rings (SSSR count). The summed E-state index contributed by atoms with van der Waals surface area (Å²) in [5, 5.41) is 5.80. The first-order valence-electron chi connectivity index (χ1n) is 6.32. The highest BCUT2D eigenvalue weighted by Crippen LogP contribution is 2.17. The lowest BCUT2D eigenvalue weighted by atomic mass is 9.92. The summed E-state index contributed by atoms with van der Waals surface area (Å²) >= 11 is 0. The number of nitrogens with zero attached hydrogens (tertiary/aromatic N) is 1. The second-order valence-electron chi connectivity index (χ2n) is 4.58. The first kappa shape index (κ1) is 14.0. The fraction of sp³-hybridized carbons (Fsp3) is 0.833. The minimum Gasteiger partial charge on any atom is -0.358 e. The van der Waals surface area contributed by atoms with E-state index in [2.05, 4.69) is 17.6 Å². The number of amides is 2. The Hall–Kier alpha value is -1.10. The van der Waals surface area contributed by atoms with Crippen LogP contribution in [0.2, 0.25) is 0 Å². The Morgan fingerprint density at radius 3 is 2.71 bits per heavy atom. The molecule has 0 bridgehead atoms. The second kappa shape index (κ2) is 6.59. The SMILES string of the molecule is CCN(CC(=O)NC)C(=O)C1NCCCC1C. The van der Waals surface area contributed by atoms with Gasteiger partial charge in [-0.05, 0) is 32.2 Å². The highest BCUT2D eigenvalue weighted by Gasteiger charge is 2.30. The molecular weight excluding hydrogens is 218 g/mol. The van der Waals surface area contributed by atoms with Crippen LogP contribution in [0.15, 0.2) is 0 Å². The van der Waals surface area contributed by atoms with Crippen molar-refractivity contribution in [2.75, 3.05) is 26.7 Å². The summed E-state index contributed by atoms with van der Waals surface area (Å²) in [4.78, 5) is 25.2. The lowest BCUT2D eigenvalue weighted by molar-refractivity contribution is -0.138. The molecule has 2 unspecified atom stereocenters. The summed E-state index contributed by atoms with van der Waals surface area (Å²) in [5.41, 5.74) is 0. The number of carbonyl (C=O) groups is 2. The van der Waals surface area contributed by atoms with E-state index in [0.29, 0.717) is 12.5 Å². The summed E-state index contributed by atoms with van der Waals surface area (Å²) < 4.78 is 0. The fourth-order valence-electron chi connectivity index (χ4n) is 2.17. The molecule has 0 aromatic rings. The third-order valence-corrected chi connectivity index (χ3v) is 3.34. The molecule has 1 fully saturated rings. The molecule has 1 saturated heterocycles. The average Bonchev–Trinajstić information content (AvgIpc) is 2.35. The summed E-state index contributed by atoms with van der Waals surface area (Å²) in [5.74, 6) is 0.266. The zero-order valence-corrected chi connectivity index (χ0v) is 11.0. The van der Waals surface area contributed by atoms with Crippen molar-refractivity contribution in [2.45, 2.75) is 32.7 Å². The van der Waals surface area contributed by atoms with Crippen LogP contribution in [0, 0.1) is 5.92 Å². The lowest BCUT2D eigenvalue weighted by Gasteiger charge is -2.33. The van der Waals surface area contributed by atoms with Crippen LogP contribution in [0.3, 0.4) is 0 Å². The van der Waals surface area contributed by atoms with Gasteiger partial charge in [0, 0.05) is 13.6 Å². The molecule has 0 radical (unpaired) electrons. The molecule has 2 amide bonds. The molecule has 0 spiro atoms. The molecule has 5 nitrogen and oxygen atoms in total. The number of carbonyl (C=O) groups excluding carboxylic acids is 2. The molecule has 0 saturated carbocycles. The molecule has 0 aromatic heterocycles. The van der Waals surface area contributed by atoms with Crippen molar-refractivity contribution in [3.05, 3.63) is 0 Å². The molecule has 2 N–H and O–H groups in total. The molecule has 1 aliphatic rings. The topological polar surface area (TPSA) is 61.4 Å². The third kappa shape index (κ3) is 3.70. The van der Waals surface area contributed by atoms with Crippen LogP contribution in [-0.4, -0.2) is 49.4 Å². The van der Waals surface area contributed by atoms with Crippen molar-refractivity contribution in [2.24, 2.45) is 5.92 Å². The van der Waals surface area contributed by atoms with Crippen LogP contribution >= 0.6 is 0 Å². The minimum absolute atomic E-state index is 0.0447. The Morgan fingerprint density at radius 2 is 2.18 bits per heavy atom. The maximum absolute atomic E-state index is 12.3. The standard InChI is InChI=1S/C12H23N3O2/c1-4-15(8-10(16)13-3)12(17)11-9(2)6-5-7-14-11/h9,11,14H,4-8H2,1-3H3,(H,13,16). The predicted molar refractivity (Wildman–Crippen MR) is 66.5 cm³/mol. The van der Waals surface area contributed by atoms with Crippen molar-refractivity contribution in [3.8, 4) is 0 Å². The van der Waals surface area contributed by atoms with Crippen LogP contribution < -0.4 is 10.6 Å². The van der Waals surface area contributed by atoms with Gasteiger partial charge in [0.25, 0.3) is 0 Å². The van der Waals surface area contributed by atoms with Gasteiger partial charge in [0.1, 0.15) is 0 Å². The number of piperidine rings is 1. The van der Waals surface area contributed by atoms with Gasteiger partial charge in [-0.2, -0.15) is 0 Å². The molecule has 98 valence electrons. The Morgan fingerprint density at radius 1 is 1.47 bits per heavy atom. The summed E-state index contributed by atoms with van der Waals surface area (Å²) in [6.45, 7) is 5.59. The highest BCUT2D eigenvalue weighted by atomic mass is 16.2. The molecule has 17 heavy (non-hydrogen) atoms. The zero-order chi connectivity index (χ0) is 12.8. The van der Waals surface area contributed by atoms with Crippen LogP contribution in [0.25, 0.3) is 0 Å². The Labute approximate surface area is 103 Å². The van der Waals surface area contributed by atoms with Gasteiger partial charge in [-0.25, -0.2) is 0 Å². The van der Waals surface area contributed by atoms with Gasteiger partial charge in [-0.1, -0.05) is 6.92 Å². The van der Waals surface area contributed by atoms with Gasteiger partial charge in [0.15, 0.2) is 0 Å². The quantitative estimate of drug-likeness (QED) is 0.726. The normalized spacial score (nSPS) is 24.2. The summed E-state index contributed by atoms with van der Waals surface area (Å²) in [6, 6.07) is -0.131. The zero-order valence-electron chi connectivity index (χ0n) is 11.0. The van der Waals surface area contributed by atoms with Gasteiger partial charge < -0.3 is 15.5 Å². The number of likely N-dealkylation sites (N-methyl/N-ethyl adjacent to an activating group) is 2. The van der Waals surface area contributed by atoms with Crippen LogP contribution in [0.1, 0.15) is 26.7 Å². The van der Waals surface area contributed by atoms with E-state index in [-0.39, 0.29) is 24.4 Å². The second-order valence-corrected chi connectivity index (χ2v) is 4.58. The van der Waals surface area contributed by atoms with E-state index in [1.165, 1.54) is 0 Å². The maximum atomic E-state index is 12.3. The molecule has 5 heteroatoms. The summed E-state index contributed by atoms with van der Waals surface area (Å²) in [7, 11) is 1.59. The van der Waals surface area contributed by atoms with E-state index < -0.39 is 0 Å². The van der Waals surface area contributed by atoms with E-state index in [1.54, 1.807) is 11.9 Å². The van der Waals surface area contributed by atoms with Gasteiger partial charge in [0.05, 0.1) is 12.6 Å². The number of hydrogen-bond acceptors (Lipinski definition) is 3. The third-order valence-electron chi connectivity index (χ3n) is 3.34. The van der Waals surface area contributed by atoms with Crippen molar-refractivity contribution in [1.82, 2.24) is 15.5 Å². The Balaban J connectivity index is 2.61. The molecule has 1 heterocycles. The number of rotatable bonds is 4. The van der Waals surface area contributed by atoms with E-state index >= 15 is 0 Å². The Bertz CT molecular complexity index is 281. The minimum atomic E-state index is -0.131. The first-order valence-corrected chi connectivity index (χ1v) is 6.32. The van der Waals surface area contributed by atoms with Crippen LogP contribution in [0.4, 0.5) is 0 Å². The van der Waals surface area contributed by atoms with Crippen molar-refractivity contribution >= 4 is 11.8 Å². The van der Waals surface area contributed by atoms with E-state index in [0.717, 1.165) is 19.4 Å². The average molecular weight is 241 g/mol. The number of hydrogen-bond donors (Lipinski definition) is 2. The van der Waals surface area contributed by atoms with Crippen molar-refractivity contribution in [1.29, 1.82) is 0 Å². The van der Waals surface area contributed by atoms with Crippen molar-refractivity contribution in [3.63, 3.8) is 0 Å². The molecular formula is C12H23N3O2. The van der Waals surface area contributed by atoms with Crippen LogP contribution in [-0.2, 0) is 9.59 Å². The van der Waals surface area contributed by atoms with Crippen molar-refractivity contribution < 1.29 is 9.59 Å².